The van der Waals surface area contributed by atoms with Crippen molar-refractivity contribution in [2.45, 2.75) is 25.7 Å². The SMILES string of the molecule is Cn1c(=O)c2c(-c3ccccc3C(=O)[O-])c3cc4c5c(c3oc2c2ccc(=[N+](C)C)cc21)CCCN5CCC4. The van der Waals surface area contributed by atoms with Gasteiger partial charge in [-0.1, -0.05) is 24.3 Å². The van der Waals surface area contributed by atoms with Crippen LogP contribution in [0.25, 0.3) is 44.0 Å². The molecule has 0 amide bonds. The van der Waals surface area contributed by atoms with Gasteiger partial charge in [-0.25, -0.2) is 4.58 Å². The largest absolute Gasteiger partial charge is 0.545 e. The van der Waals surface area contributed by atoms with Crippen LogP contribution in [-0.2, 0) is 19.9 Å². The maximum Gasteiger partial charge on any atom is 0.262 e. The molecule has 196 valence electrons. The van der Waals surface area contributed by atoms with Gasteiger partial charge in [-0.15, -0.1) is 0 Å². The minimum atomic E-state index is -1.27. The Morgan fingerprint density at radius 1 is 0.974 bits per heavy atom. The number of carbonyl (C=O) groups is 1. The Morgan fingerprint density at radius 2 is 1.74 bits per heavy atom. The third-order valence-corrected chi connectivity index (χ3v) is 8.46. The fraction of sp³-hybridized carbons (Fsp3) is 0.281. The summed E-state index contributed by atoms with van der Waals surface area (Å²) in [5.41, 5.74) is 6.53. The molecule has 5 aromatic rings. The molecule has 0 aliphatic carbocycles. The number of pyridine rings is 1. The molecule has 7 rings (SSSR count). The van der Waals surface area contributed by atoms with Crippen LogP contribution in [0.4, 0.5) is 5.69 Å². The molecule has 2 aromatic heterocycles. The molecular formula is C32H29N3O4. The second-order valence-corrected chi connectivity index (χ2v) is 10.9. The van der Waals surface area contributed by atoms with E-state index in [0.717, 1.165) is 71.6 Å². The fourth-order valence-corrected chi connectivity index (χ4v) is 6.63. The fourth-order valence-electron chi connectivity index (χ4n) is 6.63. The van der Waals surface area contributed by atoms with Gasteiger partial charge in [-0.05, 0) is 48.9 Å². The number of anilines is 1. The third kappa shape index (κ3) is 3.38. The molecule has 0 saturated heterocycles. The Kier molecular flexibility index (Phi) is 5.20. The molecule has 0 fully saturated rings. The lowest BCUT2D eigenvalue weighted by atomic mass is 9.86. The smallest absolute Gasteiger partial charge is 0.262 e. The average molecular weight is 520 g/mol. The van der Waals surface area contributed by atoms with Gasteiger partial charge in [0.1, 0.15) is 25.3 Å². The van der Waals surface area contributed by atoms with Crippen LogP contribution in [-0.4, -0.2) is 37.7 Å². The van der Waals surface area contributed by atoms with Gasteiger partial charge in [0.25, 0.3) is 5.56 Å². The van der Waals surface area contributed by atoms with Gasteiger partial charge < -0.3 is 23.8 Å². The van der Waals surface area contributed by atoms with Crippen molar-refractivity contribution >= 4 is 44.5 Å². The molecule has 0 atom stereocenters. The Balaban J connectivity index is 1.77. The van der Waals surface area contributed by atoms with E-state index in [1.54, 1.807) is 29.8 Å². The molecule has 2 aliphatic rings. The van der Waals surface area contributed by atoms with E-state index in [2.05, 4.69) is 11.0 Å². The van der Waals surface area contributed by atoms with Crippen LogP contribution in [0.5, 0.6) is 0 Å². The molecule has 39 heavy (non-hydrogen) atoms. The number of aromatic nitrogens is 1. The highest BCUT2D eigenvalue weighted by Crippen LogP contribution is 2.46. The number of hydrogen-bond donors (Lipinski definition) is 0. The highest BCUT2D eigenvalue weighted by atomic mass is 16.4. The Morgan fingerprint density at radius 3 is 2.51 bits per heavy atom. The van der Waals surface area contributed by atoms with E-state index in [0.29, 0.717) is 22.1 Å². The number of carboxylic acid groups (broad SMARTS) is 1. The van der Waals surface area contributed by atoms with Crippen LogP contribution in [0, 0.1) is 0 Å². The van der Waals surface area contributed by atoms with E-state index in [1.807, 2.05) is 42.9 Å². The van der Waals surface area contributed by atoms with Gasteiger partial charge in [0, 0.05) is 65.4 Å². The molecule has 0 saturated carbocycles. The molecule has 3 aromatic carbocycles. The molecule has 4 heterocycles. The second kappa shape index (κ2) is 8.56. The minimum Gasteiger partial charge on any atom is -0.545 e. The third-order valence-electron chi connectivity index (χ3n) is 8.46. The number of nitrogens with zero attached hydrogens (tertiary/aromatic N) is 3. The number of benzene rings is 3. The predicted molar refractivity (Wildman–Crippen MR) is 152 cm³/mol. The molecule has 0 bridgehead atoms. The lowest BCUT2D eigenvalue weighted by Gasteiger charge is -2.37. The van der Waals surface area contributed by atoms with Gasteiger partial charge in [-0.3, -0.25) is 4.79 Å². The van der Waals surface area contributed by atoms with Crippen molar-refractivity contribution < 1.29 is 14.3 Å². The van der Waals surface area contributed by atoms with Crippen molar-refractivity contribution in [3.8, 4) is 11.1 Å². The molecule has 7 heteroatoms. The van der Waals surface area contributed by atoms with Crippen LogP contribution in [0.15, 0.2) is 57.7 Å². The molecular weight excluding hydrogens is 490 g/mol. The summed E-state index contributed by atoms with van der Waals surface area (Å²) in [6, 6.07) is 14.9. The van der Waals surface area contributed by atoms with Crippen LogP contribution in [0.2, 0.25) is 0 Å². The summed E-state index contributed by atoms with van der Waals surface area (Å²) < 4.78 is 10.5. The Labute approximate surface area is 224 Å². The summed E-state index contributed by atoms with van der Waals surface area (Å²) in [4.78, 5) is 28.9. The van der Waals surface area contributed by atoms with Crippen LogP contribution in [0.1, 0.15) is 34.3 Å². The number of hydrogen-bond acceptors (Lipinski definition) is 5. The summed E-state index contributed by atoms with van der Waals surface area (Å²) in [5, 5.41) is 15.3. The van der Waals surface area contributed by atoms with Gasteiger partial charge in [0.2, 0.25) is 5.36 Å². The highest BCUT2D eigenvalue weighted by Gasteiger charge is 2.30. The number of carbonyl (C=O) groups excluding carboxylic acids is 1. The monoisotopic (exact) mass is 519 g/mol. The summed E-state index contributed by atoms with van der Waals surface area (Å²) >= 11 is 0. The van der Waals surface area contributed by atoms with Gasteiger partial charge in [0.15, 0.2) is 0 Å². The van der Waals surface area contributed by atoms with E-state index in [4.69, 9.17) is 4.42 Å². The topological polar surface area (TPSA) is 81.5 Å². The molecule has 0 N–H and O–H groups in total. The van der Waals surface area contributed by atoms with Crippen molar-refractivity contribution in [1.29, 1.82) is 0 Å². The molecule has 0 radical (unpaired) electrons. The first-order valence-electron chi connectivity index (χ1n) is 13.5. The van der Waals surface area contributed by atoms with Crippen molar-refractivity contribution in [3.05, 3.63) is 80.9 Å². The van der Waals surface area contributed by atoms with E-state index in [9.17, 15) is 14.7 Å². The molecule has 0 unspecified atom stereocenters. The van der Waals surface area contributed by atoms with E-state index in [-0.39, 0.29) is 11.1 Å². The first-order chi connectivity index (χ1) is 18.8. The zero-order valence-corrected chi connectivity index (χ0v) is 22.3. The van der Waals surface area contributed by atoms with E-state index >= 15 is 0 Å². The summed E-state index contributed by atoms with van der Waals surface area (Å²) in [6.45, 7) is 2.05. The van der Waals surface area contributed by atoms with Crippen LogP contribution < -0.4 is 25.5 Å². The first-order valence-corrected chi connectivity index (χ1v) is 13.5. The number of aromatic carboxylic acids is 1. The average Bonchev–Trinajstić information content (AvgIpc) is 2.95. The number of fused-ring (bicyclic) bond motifs is 5. The molecule has 7 nitrogen and oxygen atoms in total. The summed E-state index contributed by atoms with van der Waals surface area (Å²) in [5.74, 6) is -1.27. The van der Waals surface area contributed by atoms with Crippen LogP contribution in [0.3, 0.4) is 0 Å². The summed E-state index contributed by atoms with van der Waals surface area (Å²) in [6.07, 6.45) is 3.90. The minimum absolute atomic E-state index is 0.0596. The summed E-state index contributed by atoms with van der Waals surface area (Å²) in [7, 11) is 5.69. The zero-order chi connectivity index (χ0) is 27.0. The zero-order valence-electron chi connectivity index (χ0n) is 22.3. The number of carboxylic acids is 1. The second-order valence-electron chi connectivity index (χ2n) is 10.9. The number of rotatable bonds is 2. The maximum atomic E-state index is 14.2. The quantitative estimate of drug-likeness (QED) is 0.203. The molecule has 2 aliphatic heterocycles. The van der Waals surface area contributed by atoms with E-state index < -0.39 is 5.97 Å². The van der Waals surface area contributed by atoms with Gasteiger partial charge >= 0.3 is 0 Å². The van der Waals surface area contributed by atoms with Gasteiger partial charge in [0.05, 0.1) is 16.9 Å². The lowest BCUT2D eigenvalue weighted by molar-refractivity contribution is -0.254. The van der Waals surface area contributed by atoms with Crippen molar-refractivity contribution in [3.63, 3.8) is 0 Å². The van der Waals surface area contributed by atoms with Crippen molar-refractivity contribution in [1.82, 2.24) is 9.14 Å². The van der Waals surface area contributed by atoms with E-state index in [1.165, 1.54) is 11.3 Å². The normalized spacial score (nSPS) is 14.7. The maximum absolute atomic E-state index is 14.2. The Hall–Kier alpha value is -4.39. The standard InChI is InChI=1S/C32H29N3O4/c1-33(2)19-12-13-22-25(17-19)34(3)31(36)27-26(20-9-4-5-10-21(20)32(37)38)24-16-18-8-6-14-35-15-7-11-23(28(18)35)29(24)39-30(22)27/h4-5,9-10,12-13,16-17H,6-8,11,14-15H2,1-3H3. The van der Waals surface area contributed by atoms with Gasteiger partial charge in [-0.2, -0.15) is 0 Å². The lowest BCUT2D eigenvalue weighted by Crippen LogP contribution is -2.34. The first kappa shape index (κ1) is 23.7. The van der Waals surface area contributed by atoms with Crippen LogP contribution >= 0.6 is 0 Å². The Bertz CT molecular complexity index is 2010. The highest BCUT2D eigenvalue weighted by molar-refractivity contribution is 6.17. The number of aryl methyl sites for hydroxylation is 3. The van der Waals surface area contributed by atoms with Crippen molar-refractivity contribution in [2.75, 3.05) is 32.1 Å². The predicted octanol–water partition coefficient (Wildman–Crippen LogP) is 3.20. The van der Waals surface area contributed by atoms with Crippen molar-refractivity contribution in [2.24, 2.45) is 7.05 Å². The molecule has 0 spiro atoms.